The topological polar surface area (TPSA) is 117 Å². The van der Waals surface area contributed by atoms with E-state index in [-0.39, 0.29) is 12.5 Å². The van der Waals surface area contributed by atoms with Crippen LogP contribution in [-0.4, -0.2) is 49.1 Å². The van der Waals surface area contributed by atoms with Crippen LogP contribution in [0.5, 0.6) is 0 Å². The van der Waals surface area contributed by atoms with Crippen LogP contribution in [0.3, 0.4) is 0 Å². The first-order valence-electron chi connectivity index (χ1n) is 11.0. The third kappa shape index (κ3) is 5.57. The van der Waals surface area contributed by atoms with Crippen LogP contribution in [0.4, 0.5) is 15.9 Å². The van der Waals surface area contributed by atoms with Crippen LogP contribution in [0.15, 0.2) is 36.8 Å². The molecule has 1 atom stereocenters. The highest BCUT2D eigenvalue weighted by atomic mass is 19.1. The van der Waals surface area contributed by atoms with E-state index >= 15 is 0 Å². The molecular weight excluding hydrogens is 425 g/mol. The van der Waals surface area contributed by atoms with Crippen LogP contribution in [0.25, 0.3) is 11.6 Å². The van der Waals surface area contributed by atoms with Gasteiger partial charge in [0.2, 0.25) is 5.95 Å². The molecule has 3 aromatic heterocycles. The summed E-state index contributed by atoms with van der Waals surface area (Å²) in [5.74, 6) is 0.203. The molecule has 4 rings (SSSR count). The fraction of sp³-hybridized carbons (Fsp3) is 0.391. The van der Waals surface area contributed by atoms with Gasteiger partial charge in [-0.2, -0.15) is 4.39 Å². The molecule has 1 aliphatic rings. The molecule has 1 aliphatic heterocycles. The Morgan fingerprint density at radius 2 is 1.97 bits per heavy atom. The minimum atomic E-state index is -0.781. The van der Waals surface area contributed by atoms with Crippen molar-refractivity contribution in [2.24, 2.45) is 0 Å². The molecule has 4 heterocycles. The Kier molecular flexibility index (Phi) is 7.01. The van der Waals surface area contributed by atoms with E-state index in [1.165, 1.54) is 6.07 Å². The van der Waals surface area contributed by atoms with Crippen molar-refractivity contribution in [2.75, 3.05) is 23.3 Å². The monoisotopic (exact) mass is 451 g/mol. The molecule has 0 radical (unpaired) electrons. The maximum atomic E-state index is 14.3. The summed E-state index contributed by atoms with van der Waals surface area (Å²) in [6, 6.07) is 4.89. The number of anilines is 2. The van der Waals surface area contributed by atoms with E-state index in [1.807, 2.05) is 17.9 Å². The zero-order chi connectivity index (χ0) is 23.2. The number of halogens is 1. The molecule has 0 aliphatic carbocycles. The molecule has 0 aromatic carbocycles. The van der Waals surface area contributed by atoms with Crippen molar-refractivity contribution in [3.05, 3.63) is 54.0 Å². The zero-order valence-corrected chi connectivity index (χ0v) is 18.4. The largest absolute Gasteiger partial charge is 0.481 e. The summed E-state index contributed by atoms with van der Waals surface area (Å²) in [7, 11) is 0. The normalized spacial score (nSPS) is 15.2. The van der Waals surface area contributed by atoms with Gasteiger partial charge < -0.3 is 15.3 Å². The third-order valence-electron chi connectivity index (χ3n) is 5.64. The number of carboxylic acids is 1. The lowest BCUT2D eigenvalue weighted by molar-refractivity contribution is -0.137. The Balaban J connectivity index is 1.44. The molecule has 10 heteroatoms. The average molecular weight is 452 g/mol. The average Bonchev–Trinajstić information content (AvgIpc) is 2.81. The predicted molar refractivity (Wildman–Crippen MR) is 121 cm³/mol. The molecule has 33 heavy (non-hydrogen) atoms. The van der Waals surface area contributed by atoms with Gasteiger partial charge in [-0.1, -0.05) is 6.42 Å². The number of aliphatic carboxylic acids is 1. The number of unbranched alkanes of at least 4 members (excludes halogenated alkanes) is 2. The number of hydrogen-bond acceptors (Lipinski definition) is 8. The van der Waals surface area contributed by atoms with E-state index < -0.39 is 11.9 Å². The van der Waals surface area contributed by atoms with Gasteiger partial charge in [0.25, 0.3) is 0 Å². The first kappa shape index (κ1) is 22.5. The van der Waals surface area contributed by atoms with Gasteiger partial charge in [-0.25, -0.2) is 24.9 Å². The van der Waals surface area contributed by atoms with Gasteiger partial charge in [-0.05, 0) is 25.8 Å². The van der Waals surface area contributed by atoms with Crippen molar-refractivity contribution in [2.45, 2.75) is 45.1 Å². The van der Waals surface area contributed by atoms with E-state index in [0.29, 0.717) is 49.1 Å². The second-order valence-corrected chi connectivity index (χ2v) is 7.96. The van der Waals surface area contributed by atoms with E-state index in [4.69, 9.17) is 5.11 Å². The number of nitrogens with one attached hydrogen (secondary N) is 1. The fourth-order valence-corrected chi connectivity index (χ4v) is 3.94. The van der Waals surface area contributed by atoms with E-state index in [1.54, 1.807) is 24.7 Å². The molecule has 172 valence electrons. The zero-order valence-electron chi connectivity index (χ0n) is 18.4. The van der Waals surface area contributed by atoms with Crippen LogP contribution in [0.1, 0.15) is 49.9 Å². The number of rotatable bonds is 9. The Hall–Kier alpha value is -3.69. The van der Waals surface area contributed by atoms with Crippen molar-refractivity contribution in [3.8, 4) is 11.6 Å². The second-order valence-electron chi connectivity index (χ2n) is 7.96. The Labute approximate surface area is 191 Å². The van der Waals surface area contributed by atoms with Crippen molar-refractivity contribution in [1.82, 2.24) is 24.9 Å². The lowest BCUT2D eigenvalue weighted by Gasteiger charge is -2.35. The van der Waals surface area contributed by atoms with Gasteiger partial charge in [-0.15, -0.1) is 0 Å². The van der Waals surface area contributed by atoms with Gasteiger partial charge in [-0.3, -0.25) is 4.79 Å². The van der Waals surface area contributed by atoms with E-state index in [0.717, 1.165) is 24.1 Å². The molecule has 3 aromatic rings. The van der Waals surface area contributed by atoms with Gasteiger partial charge in [0.05, 0.1) is 11.7 Å². The minimum Gasteiger partial charge on any atom is -0.481 e. The Morgan fingerprint density at radius 3 is 2.76 bits per heavy atom. The van der Waals surface area contributed by atoms with E-state index in [9.17, 15) is 9.18 Å². The molecule has 0 saturated heterocycles. The number of carbonyl (C=O) groups is 1. The summed E-state index contributed by atoms with van der Waals surface area (Å²) in [4.78, 5) is 34.3. The van der Waals surface area contributed by atoms with Crippen molar-refractivity contribution in [3.63, 3.8) is 0 Å². The first-order valence-corrected chi connectivity index (χ1v) is 11.0. The van der Waals surface area contributed by atoms with E-state index in [2.05, 4.69) is 30.2 Å². The number of hydrogen-bond donors (Lipinski definition) is 2. The molecular formula is C23H26FN7O2. The summed E-state index contributed by atoms with van der Waals surface area (Å²) in [5, 5.41) is 11.9. The molecule has 0 bridgehead atoms. The number of nitrogens with zero attached hydrogens (tertiary/aromatic N) is 6. The summed E-state index contributed by atoms with van der Waals surface area (Å²) < 4.78 is 14.3. The molecule has 0 fully saturated rings. The smallest absolute Gasteiger partial charge is 0.303 e. The van der Waals surface area contributed by atoms with Crippen molar-refractivity contribution < 1.29 is 14.3 Å². The molecule has 0 amide bonds. The molecule has 2 N–H and O–H groups in total. The quantitative estimate of drug-likeness (QED) is 0.371. The van der Waals surface area contributed by atoms with Crippen LogP contribution < -0.4 is 10.2 Å². The van der Waals surface area contributed by atoms with Gasteiger partial charge in [0, 0.05) is 67.9 Å². The van der Waals surface area contributed by atoms with Gasteiger partial charge >= 0.3 is 5.97 Å². The Bertz CT molecular complexity index is 1110. The fourth-order valence-electron chi connectivity index (χ4n) is 3.94. The highest BCUT2D eigenvalue weighted by Crippen LogP contribution is 2.33. The van der Waals surface area contributed by atoms with Crippen LogP contribution in [0, 0.1) is 5.95 Å². The maximum absolute atomic E-state index is 14.3. The lowest BCUT2D eigenvalue weighted by Crippen LogP contribution is -2.35. The molecule has 0 spiro atoms. The summed E-state index contributed by atoms with van der Waals surface area (Å²) in [6.07, 6.45) is 8.21. The van der Waals surface area contributed by atoms with Crippen molar-refractivity contribution in [1.29, 1.82) is 0 Å². The van der Waals surface area contributed by atoms with Crippen LogP contribution >= 0.6 is 0 Å². The number of pyridine rings is 1. The van der Waals surface area contributed by atoms with Crippen LogP contribution in [-0.2, 0) is 11.2 Å². The summed E-state index contributed by atoms with van der Waals surface area (Å²) >= 11 is 0. The third-order valence-corrected chi connectivity index (χ3v) is 5.64. The maximum Gasteiger partial charge on any atom is 0.303 e. The number of fused-ring (bicyclic) bond motifs is 1. The van der Waals surface area contributed by atoms with Crippen molar-refractivity contribution >= 4 is 17.5 Å². The minimum absolute atomic E-state index is 0.0716. The number of carboxylic acid groups (broad SMARTS) is 1. The highest BCUT2D eigenvalue weighted by molar-refractivity contribution is 5.66. The molecule has 0 saturated carbocycles. The lowest BCUT2D eigenvalue weighted by atomic mass is 9.99. The number of aromatic nitrogens is 5. The highest BCUT2D eigenvalue weighted by Gasteiger charge is 2.27. The van der Waals surface area contributed by atoms with Gasteiger partial charge in [0.15, 0.2) is 11.6 Å². The second kappa shape index (κ2) is 10.3. The Morgan fingerprint density at radius 1 is 1.15 bits per heavy atom. The molecule has 9 nitrogen and oxygen atoms in total. The summed E-state index contributed by atoms with van der Waals surface area (Å²) in [6.45, 7) is 3.31. The molecule has 1 unspecified atom stereocenters. The predicted octanol–water partition coefficient (Wildman–Crippen LogP) is 3.65. The van der Waals surface area contributed by atoms with Gasteiger partial charge in [0.1, 0.15) is 5.82 Å². The SMILES string of the molecule is CC1c2cnc(-c3ncccn3)nc2CCN1c1cc(NCCCCCC(=O)O)cc(F)n1. The standard InChI is InChI=1S/C23H26FN7O2/c1-15-17-14-28-23(22-26-9-5-10-27-22)29-18(17)7-11-31(15)20-13-16(12-19(24)30-20)25-8-4-2-3-6-21(32)33/h5,9-10,12-15H,2-4,6-8,11H2,1H3,(H,25,30)(H,32,33). The first-order chi connectivity index (χ1) is 16.0. The summed E-state index contributed by atoms with van der Waals surface area (Å²) in [5.41, 5.74) is 2.56. The van der Waals surface area contributed by atoms with Crippen LogP contribution in [0.2, 0.25) is 0 Å².